The Morgan fingerprint density at radius 2 is 0.889 bits per heavy atom. The van der Waals surface area contributed by atoms with Crippen LogP contribution in [0.5, 0.6) is 0 Å². The van der Waals surface area contributed by atoms with Crippen molar-refractivity contribution in [3.05, 3.63) is 144 Å². The van der Waals surface area contributed by atoms with Crippen LogP contribution in [-0.2, 0) is 38.7 Å². The normalized spacial score (nSPS) is 11.2. The fraction of sp³-hybridized carbons (Fsp3) is 0.100. The largest absolute Gasteiger partial charge is 0.382 e. The molecule has 3 heterocycles. The van der Waals surface area contributed by atoms with Crippen LogP contribution in [0.3, 0.4) is 0 Å². The standard InChI is InChI=1S/C10H9ClN2O2S.C10H11N3O2S.C10H11N3/c2*11-16(14,15)10-6-7-13(12-10)8-9-4-2-1-3-5-9;11-10-6-7-13(12-10)8-9-4-2-1-3-5-9/h1-7H,8H2;1-7H,8H2,(H2,11,14,15);1-7H,8H2,(H2,11,12). The first-order chi connectivity index (χ1) is 21.5. The number of hydrogen-bond donors (Lipinski definition) is 2. The average Bonchev–Trinajstić information content (AvgIpc) is 3.77. The van der Waals surface area contributed by atoms with E-state index in [4.69, 9.17) is 21.6 Å². The lowest BCUT2D eigenvalue weighted by molar-refractivity contribution is 0.585. The monoisotopic (exact) mass is 666 g/mol. The van der Waals surface area contributed by atoms with Gasteiger partial charge in [0.25, 0.3) is 19.1 Å². The lowest BCUT2D eigenvalue weighted by atomic mass is 10.2. The van der Waals surface area contributed by atoms with E-state index in [1.54, 1.807) is 18.5 Å². The van der Waals surface area contributed by atoms with Gasteiger partial charge in [-0.3, -0.25) is 14.0 Å². The molecule has 0 radical (unpaired) electrons. The Hall–Kier alpha value is -4.76. The summed E-state index contributed by atoms with van der Waals surface area (Å²) in [5.74, 6) is 0.566. The molecule has 0 amide bonds. The number of aromatic nitrogens is 6. The fourth-order valence-electron chi connectivity index (χ4n) is 3.92. The number of nitrogens with zero attached hydrogens (tertiary/aromatic N) is 6. The zero-order valence-electron chi connectivity index (χ0n) is 23.9. The molecule has 0 saturated carbocycles. The Morgan fingerprint density at radius 3 is 1.20 bits per heavy atom. The number of nitrogen functional groups attached to an aromatic ring is 1. The van der Waals surface area contributed by atoms with Gasteiger partial charge >= 0.3 is 0 Å². The second kappa shape index (κ2) is 15.3. The first-order valence-electron chi connectivity index (χ1n) is 13.4. The molecule has 6 aromatic rings. The van der Waals surface area contributed by atoms with Crippen molar-refractivity contribution in [1.82, 2.24) is 29.3 Å². The SMILES string of the molecule is NS(=O)(=O)c1ccn(Cc2ccccc2)n1.Nc1ccn(Cc2ccccc2)n1.O=S(=O)(Cl)c1ccn(Cc2ccccc2)n1. The first-order valence-corrected chi connectivity index (χ1v) is 17.3. The summed E-state index contributed by atoms with van der Waals surface area (Å²) in [5.41, 5.74) is 8.82. The van der Waals surface area contributed by atoms with Crippen LogP contribution in [-0.4, -0.2) is 46.2 Å². The van der Waals surface area contributed by atoms with E-state index in [1.165, 1.54) is 27.1 Å². The summed E-state index contributed by atoms with van der Waals surface area (Å²) in [5, 5.41) is 16.6. The van der Waals surface area contributed by atoms with Gasteiger partial charge < -0.3 is 5.73 Å². The molecule has 0 saturated heterocycles. The predicted molar refractivity (Wildman–Crippen MR) is 172 cm³/mol. The first kappa shape index (κ1) is 33.1. The number of hydrogen-bond acceptors (Lipinski definition) is 8. The molecule has 0 aliphatic carbocycles. The van der Waals surface area contributed by atoms with Crippen LogP contribution in [0.4, 0.5) is 5.82 Å². The molecule has 0 aliphatic rings. The predicted octanol–water partition coefficient (Wildman–Crippen LogP) is 3.95. The van der Waals surface area contributed by atoms with E-state index in [0.717, 1.165) is 17.7 Å². The van der Waals surface area contributed by atoms with Gasteiger partial charge in [-0.25, -0.2) is 22.0 Å². The van der Waals surface area contributed by atoms with Crippen LogP contribution in [0.1, 0.15) is 16.7 Å². The molecule has 12 nitrogen and oxygen atoms in total. The molecule has 0 spiro atoms. The van der Waals surface area contributed by atoms with Gasteiger partial charge in [-0.2, -0.15) is 15.3 Å². The Balaban J connectivity index is 0.000000155. The maximum atomic E-state index is 11.0. The zero-order chi connectivity index (χ0) is 32.3. The van der Waals surface area contributed by atoms with E-state index >= 15 is 0 Å². The van der Waals surface area contributed by atoms with E-state index < -0.39 is 19.1 Å². The van der Waals surface area contributed by atoms with Crippen molar-refractivity contribution >= 4 is 35.6 Å². The highest BCUT2D eigenvalue weighted by Crippen LogP contribution is 2.12. The quantitative estimate of drug-likeness (QED) is 0.230. The lowest BCUT2D eigenvalue weighted by Gasteiger charge is -2.00. The van der Waals surface area contributed by atoms with Crippen molar-refractivity contribution in [3.63, 3.8) is 0 Å². The van der Waals surface area contributed by atoms with Gasteiger partial charge in [0.15, 0.2) is 10.1 Å². The molecule has 0 atom stereocenters. The molecule has 3 aromatic carbocycles. The van der Waals surface area contributed by atoms with E-state index in [9.17, 15) is 16.8 Å². The number of rotatable bonds is 8. The van der Waals surface area contributed by atoms with E-state index in [2.05, 4.69) is 27.4 Å². The molecular formula is C30H31ClN8O4S2. The number of primary sulfonamides is 1. The molecule has 0 unspecified atom stereocenters. The number of halogens is 1. The van der Waals surface area contributed by atoms with Gasteiger partial charge in [-0.15, -0.1) is 0 Å². The number of nitrogens with two attached hydrogens (primary N) is 2. The van der Waals surface area contributed by atoms with Gasteiger partial charge in [0.1, 0.15) is 5.82 Å². The second-order valence-corrected chi connectivity index (χ2v) is 13.6. The summed E-state index contributed by atoms with van der Waals surface area (Å²) in [7, 11) is -2.27. The third kappa shape index (κ3) is 11.0. The molecule has 15 heteroatoms. The van der Waals surface area contributed by atoms with Crippen molar-refractivity contribution in [3.8, 4) is 0 Å². The highest BCUT2D eigenvalue weighted by atomic mass is 35.7. The minimum atomic E-state index is -3.73. The van der Waals surface area contributed by atoms with Crippen molar-refractivity contribution in [1.29, 1.82) is 0 Å². The topological polar surface area (TPSA) is 174 Å². The molecule has 45 heavy (non-hydrogen) atoms. The van der Waals surface area contributed by atoms with Crippen LogP contribution in [0.2, 0.25) is 0 Å². The van der Waals surface area contributed by atoms with Crippen LogP contribution < -0.4 is 10.9 Å². The molecule has 0 bridgehead atoms. The van der Waals surface area contributed by atoms with Crippen molar-refractivity contribution in [2.45, 2.75) is 29.7 Å². The number of anilines is 1. The van der Waals surface area contributed by atoms with Crippen LogP contribution >= 0.6 is 10.7 Å². The van der Waals surface area contributed by atoms with Gasteiger partial charge in [0, 0.05) is 29.3 Å². The van der Waals surface area contributed by atoms with Gasteiger partial charge in [0.05, 0.1) is 19.6 Å². The molecule has 0 aliphatic heterocycles. The summed E-state index contributed by atoms with van der Waals surface area (Å²) in [4.78, 5) is 0. The van der Waals surface area contributed by atoms with E-state index in [1.807, 2.05) is 89.7 Å². The number of sulfonamides is 1. The molecule has 3 aromatic heterocycles. The Labute approximate surface area is 266 Å². The zero-order valence-corrected chi connectivity index (χ0v) is 26.3. The fourth-order valence-corrected chi connectivity index (χ4v) is 5.06. The maximum absolute atomic E-state index is 11.0. The second-order valence-electron chi connectivity index (χ2n) is 9.58. The highest BCUT2D eigenvalue weighted by molar-refractivity contribution is 8.13. The van der Waals surface area contributed by atoms with Gasteiger partial charge in [-0.1, -0.05) is 91.0 Å². The minimum Gasteiger partial charge on any atom is -0.382 e. The van der Waals surface area contributed by atoms with Gasteiger partial charge in [0.2, 0.25) is 0 Å². The molecule has 0 fully saturated rings. The van der Waals surface area contributed by atoms with Crippen LogP contribution in [0.15, 0.2) is 138 Å². The minimum absolute atomic E-state index is 0.108. The Bertz CT molecular complexity index is 1890. The summed E-state index contributed by atoms with van der Waals surface area (Å²) in [6.45, 7) is 1.82. The van der Waals surface area contributed by atoms with Crippen molar-refractivity contribution in [2.75, 3.05) is 5.73 Å². The number of benzene rings is 3. The van der Waals surface area contributed by atoms with E-state index in [0.29, 0.717) is 18.9 Å². The van der Waals surface area contributed by atoms with Gasteiger partial charge in [-0.05, 0) is 34.9 Å². The van der Waals surface area contributed by atoms with Crippen molar-refractivity contribution in [2.24, 2.45) is 5.14 Å². The van der Waals surface area contributed by atoms with Crippen LogP contribution in [0, 0.1) is 0 Å². The molecule has 234 valence electrons. The summed E-state index contributed by atoms with van der Waals surface area (Å²) in [6, 6.07) is 34.0. The Morgan fingerprint density at radius 1 is 0.533 bits per heavy atom. The molecule has 6 rings (SSSR count). The lowest BCUT2D eigenvalue weighted by Crippen LogP contribution is -2.13. The third-order valence-corrected chi connectivity index (χ3v) is 7.99. The summed E-state index contributed by atoms with van der Waals surface area (Å²) < 4.78 is 48.9. The molecular weight excluding hydrogens is 636 g/mol. The van der Waals surface area contributed by atoms with Crippen molar-refractivity contribution < 1.29 is 16.8 Å². The average molecular weight is 667 g/mol. The maximum Gasteiger partial charge on any atom is 0.280 e. The third-order valence-electron chi connectivity index (χ3n) is 6.00. The summed E-state index contributed by atoms with van der Waals surface area (Å²) in [6.07, 6.45) is 5.05. The smallest absolute Gasteiger partial charge is 0.280 e. The molecule has 4 N–H and O–H groups in total. The van der Waals surface area contributed by atoms with E-state index in [-0.39, 0.29) is 10.1 Å². The Kier molecular flexibility index (Phi) is 11.3. The summed E-state index contributed by atoms with van der Waals surface area (Å²) >= 11 is 0. The van der Waals surface area contributed by atoms with Crippen LogP contribution in [0.25, 0.3) is 0 Å². The highest BCUT2D eigenvalue weighted by Gasteiger charge is 2.13.